The van der Waals surface area contributed by atoms with Crippen molar-refractivity contribution in [1.29, 1.82) is 0 Å². The van der Waals surface area contributed by atoms with Gasteiger partial charge in [0.2, 0.25) is 0 Å². The monoisotopic (exact) mass is 640 g/mol. The molecule has 0 radical (unpaired) electrons. The smallest absolute Gasteiger partial charge is 0.187 e. The topological polar surface area (TPSA) is 160 Å². The van der Waals surface area contributed by atoms with Gasteiger partial charge in [0.25, 0.3) is 0 Å². The van der Waals surface area contributed by atoms with Crippen LogP contribution in [-0.2, 0) is 9.47 Å². The molecule has 262 valence electrons. The predicted molar refractivity (Wildman–Crippen MR) is 178 cm³/mol. The fourth-order valence-electron chi connectivity index (χ4n) is 5.42. The maximum Gasteiger partial charge on any atom is 0.187 e. The summed E-state index contributed by atoms with van der Waals surface area (Å²) >= 11 is 0. The van der Waals surface area contributed by atoms with Crippen molar-refractivity contribution in [2.75, 3.05) is 6.61 Å². The Bertz CT molecular complexity index is 971. The zero-order chi connectivity index (χ0) is 34.4. The van der Waals surface area contributed by atoms with Crippen LogP contribution in [0.5, 0.6) is 0 Å². The van der Waals surface area contributed by atoms with Crippen LogP contribution >= 0.6 is 0 Å². The molecule has 1 saturated heterocycles. The Kier molecular flexibility index (Phi) is 18.6. The third kappa shape index (κ3) is 15.4. The van der Waals surface area contributed by atoms with Gasteiger partial charge in [0.15, 0.2) is 6.29 Å². The van der Waals surface area contributed by atoms with E-state index in [1.54, 1.807) is 13.8 Å². The van der Waals surface area contributed by atoms with Crippen molar-refractivity contribution in [2.45, 2.75) is 174 Å². The zero-order valence-electron chi connectivity index (χ0n) is 29.1. The minimum Gasteiger partial charge on any atom is -0.394 e. The lowest BCUT2D eigenvalue weighted by Gasteiger charge is -2.43. The summed E-state index contributed by atoms with van der Waals surface area (Å²) in [4.78, 5) is 0. The van der Waals surface area contributed by atoms with Crippen molar-refractivity contribution in [1.82, 2.24) is 0 Å². The number of ether oxygens (including phenoxy) is 2. The van der Waals surface area contributed by atoms with Crippen LogP contribution in [0.15, 0.2) is 46.6 Å². The van der Waals surface area contributed by atoms with Crippen molar-refractivity contribution in [3.63, 3.8) is 0 Å². The Morgan fingerprint density at radius 3 is 1.67 bits per heavy atom. The lowest BCUT2D eigenvalue weighted by molar-refractivity contribution is -0.324. The fourth-order valence-corrected chi connectivity index (χ4v) is 5.42. The summed E-state index contributed by atoms with van der Waals surface area (Å²) in [6.45, 7) is 15.0. The maximum atomic E-state index is 11.6. The van der Waals surface area contributed by atoms with Crippen LogP contribution in [-0.4, -0.2) is 96.5 Å². The number of aliphatic hydroxyl groups excluding tert-OH is 5. The van der Waals surface area contributed by atoms with Gasteiger partial charge in [-0.15, -0.1) is 0 Å². The van der Waals surface area contributed by atoms with Crippen molar-refractivity contribution >= 4 is 0 Å². The number of hydrogen-bond acceptors (Lipinski definition) is 9. The van der Waals surface area contributed by atoms with Crippen molar-refractivity contribution in [3.8, 4) is 0 Å². The van der Waals surface area contributed by atoms with E-state index < -0.39 is 60.7 Å². The zero-order valence-corrected chi connectivity index (χ0v) is 29.1. The van der Waals surface area contributed by atoms with E-state index in [4.69, 9.17) is 9.47 Å². The van der Waals surface area contributed by atoms with Gasteiger partial charge in [-0.25, -0.2) is 0 Å². The van der Waals surface area contributed by atoms with E-state index in [1.165, 1.54) is 22.3 Å². The lowest BCUT2D eigenvalue weighted by Crippen LogP contribution is -2.60. The van der Waals surface area contributed by atoms with Crippen LogP contribution in [0.4, 0.5) is 0 Å². The molecule has 1 aliphatic heterocycles. The third-order valence-corrected chi connectivity index (χ3v) is 8.73. The van der Waals surface area contributed by atoms with Crippen LogP contribution in [0.2, 0.25) is 0 Å². The summed E-state index contributed by atoms with van der Waals surface area (Å²) in [6.07, 6.45) is 4.83. The van der Waals surface area contributed by atoms with Crippen molar-refractivity contribution < 1.29 is 45.2 Å². The van der Waals surface area contributed by atoms with E-state index in [9.17, 15) is 35.7 Å². The van der Waals surface area contributed by atoms with Crippen molar-refractivity contribution in [2.24, 2.45) is 0 Å². The highest BCUT2D eigenvalue weighted by atomic mass is 16.7. The molecule has 0 bridgehead atoms. The van der Waals surface area contributed by atoms with Crippen LogP contribution in [0.1, 0.15) is 120 Å². The fraction of sp³-hybridized carbons (Fsp3) is 0.778. The van der Waals surface area contributed by atoms with E-state index in [-0.39, 0.29) is 12.8 Å². The van der Waals surface area contributed by atoms with Crippen LogP contribution in [0.25, 0.3) is 0 Å². The van der Waals surface area contributed by atoms with Gasteiger partial charge in [0.05, 0.1) is 30.0 Å². The van der Waals surface area contributed by atoms with Crippen LogP contribution in [0, 0.1) is 0 Å². The number of aliphatic hydroxyl groups is 7. The first kappa shape index (κ1) is 41.6. The normalized spacial score (nSPS) is 26.9. The second-order valence-corrected chi connectivity index (χ2v) is 13.9. The number of hydrogen-bond donors (Lipinski definition) is 7. The highest BCUT2D eigenvalue weighted by molar-refractivity contribution is 5.04. The first-order chi connectivity index (χ1) is 20.9. The molecule has 7 N–H and O–H groups in total. The van der Waals surface area contributed by atoms with Gasteiger partial charge >= 0.3 is 0 Å². The highest BCUT2D eigenvalue weighted by Crippen LogP contribution is 2.32. The lowest BCUT2D eigenvalue weighted by atomic mass is 9.85. The Balaban J connectivity index is 2.99. The molecule has 9 atom stereocenters. The molecule has 45 heavy (non-hydrogen) atoms. The Labute approximate surface area is 272 Å². The van der Waals surface area contributed by atoms with E-state index in [0.717, 1.165) is 25.7 Å². The molecule has 1 rings (SSSR count). The molecule has 1 heterocycles. The molecule has 9 nitrogen and oxygen atoms in total. The molecule has 1 aliphatic rings. The van der Waals surface area contributed by atoms with Gasteiger partial charge in [0.1, 0.15) is 24.4 Å². The van der Waals surface area contributed by atoms with E-state index in [2.05, 4.69) is 58.9 Å². The second kappa shape index (κ2) is 20.1. The second-order valence-electron chi connectivity index (χ2n) is 13.9. The largest absolute Gasteiger partial charge is 0.394 e. The minimum atomic E-state index is -1.63. The first-order valence-corrected chi connectivity index (χ1v) is 16.6. The molecule has 0 aliphatic carbocycles. The van der Waals surface area contributed by atoms with Gasteiger partial charge in [-0.1, -0.05) is 46.6 Å². The summed E-state index contributed by atoms with van der Waals surface area (Å²) in [5.41, 5.74) is 2.14. The van der Waals surface area contributed by atoms with Gasteiger partial charge < -0.3 is 45.2 Å². The molecular weight excluding hydrogens is 576 g/mol. The molecule has 0 saturated carbocycles. The predicted octanol–water partition coefficient (Wildman–Crippen LogP) is 4.76. The summed E-state index contributed by atoms with van der Waals surface area (Å²) < 4.78 is 11.6. The van der Waals surface area contributed by atoms with Crippen molar-refractivity contribution in [3.05, 3.63) is 46.6 Å². The van der Waals surface area contributed by atoms with Crippen LogP contribution < -0.4 is 0 Å². The molecule has 1 fully saturated rings. The SMILES string of the molecule is CC(C)=CCC/C(C)=C/CC[C@@](C)(O)[C@H](O)CC[C@H](O[C@@H]1O[C@@H](CO)[C@@H](O)[C@H](O)[C@H]1O)[C@](C)(O)CC/C=C(\C)CCC=C(C)C. The average Bonchev–Trinajstić information content (AvgIpc) is 2.94. The molecule has 0 unspecified atom stereocenters. The third-order valence-electron chi connectivity index (χ3n) is 8.73. The van der Waals surface area contributed by atoms with E-state index in [1.807, 2.05) is 6.92 Å². The van der Waals surface area contributed by atoms with E-state index in [0.29, 0.717) is 25.7 Å². The quantitative estimate of drug-likeness (QED) is 0.0931. The first-order valence-electron chi connectivity index (χ1n) is 16.6. The molecule has 0 amide bonds. The number of rotatable bonds is 20. The number of allylic oxidation sites excluding steroid dienone is 8. The molecule has 0 aromatic heterocycles. The van der Waals surface area contributed by atoms with Gasteiger partial charge in [-0.3, -0.25) is 0 Å². The van der Waals surface area contributed by atoms with Gasteiger partial charge in [-0.05, 0) is 120 Å². The Hall–Kier alpha value is -1.40. The summed E-state index contributed by atoms with van der Waals surface area (Å²) in [7, 11) is 0. The summed E-state index contributed by atoms with van der Waals surface area (Å²) in [5, 5.41) is 74.4. The molecular formula is C36H64O9. The molecule has 0 spiro atoms. The average molecular weight is 641 g/mol. The molecule has 0 aromatic rings. The Morgan fingerprint density at radius 2 is 1.20 bits per heavy atom. The highest BCUT2D eigenvalue weighted by Gasteiger charge is 2.47. The Morgan fingerprint density at radius 1 is 0.711 bits per heavy atom. The molecule has 9 heteroatoms. The maximum absolute atomic E-state index is 11.6. The molecule has 0 aromatic carbocycles. The van der Waals surface area contributed by atoms with E-state index >= 15 is 0 Å². The summed E-state index contributed by atoms with van der Waals surface area (Å²) in [6, 6.07) is 0. The minimum absolute atomic E-state index is 0.0894. The van der Waals surface area contributed by atoms with Gasteiger partial charge in [0, 0.05) is 0 Å². The summed E-state index contributed by atoms with van der Waals surface area (Å²) in [5.74, 6) is 0. The van der Waals surface area contributed by atoms with Crippen LogP contribution in [0.3, 0.4) is 0 Å². The standard InChI is InChI=1S/C36H64O9/c1-24(2)13-9-15-26(5)17-11-21-35(7,42)29(38)19-20-30(45-34-33(41)32(40)31(39)28(23-37)44-34)36(8,43)22-12-18-27(6)16-10-14-25(3)4/h13-14,17-18,28-34,37-43H,9-12,15-16,19-23H2,1-8H3/b26-17+,27-18+/t28-,29+,30-,31+,32-,33+,34-,35+,36+/m0/s1. The van der Waals surface area contributed by atoms with Gasteiger partial charge in [-0.2, -0.15) is 0 Å².